The Morgan fingerprint density at radius 1 is 1.19 bits per heavy atom. The van der Waals surface area contributed by atoms with Crippen LogP contribution in [0.3, 0.4) is 0 Å². The third-order valence-electron chi connectivity index (χ3n) is 4.03. The smallest absolute Gasteiger partial charge is 0.230 e. The van der Waals surface area contributed by atoms with Gasteiger partial charge in [-0.2, -0.15) is 0 Å². The average molecular weight is 447 g/mol. The van der Waals surface area contributed by atoms with Crippen LogP contribution in [0.1, 0.15) is 22.4 Å². The number of nitrogens with one attached hydrogen (secondary N) is 1. The summed E-state index contributed by atoms with van der Waals surface area (Å²) in [5.41, 5.74) is 5.21. The summed E-state index contributed by atoms with van der Waals surface area (Å²) in [4.78, 5) is 16.9. The lowest BCUT2D eigenvalue weighted by atomic mass is 10.1. The van der Waals surface area contributed by atoms with E-state index in [0.29, 0.717) is 6.42 Å². The minimum atomic E-state index is -0.0338. The molecule has 0 aliphatic carbocycles. The van der Waals surface area contributed by atoms with E-state index in [2.05, 4.69) is 38.4 Å². The number of aryl methyl sites for hydroxylation is 1. The molecule has 3 aromatic rings. The third-order valence-corrected chi connectivity index (χ3v) is 6.70. The van der Waals surface area contributed by atoms with Gasteiger partial charge in [-0.15, -0.1) is 11.3 Å². The number of nitrogens with zero attached hydrogens (tertiary/aromatic N) is 1. The van der Waals surface area contributed by atoms with Crippen molar-refractivity contribution in [1.82, 2.24) is 4.98 Å². The van der Waals surface area contributed by atoms with E-state index >= 15 is 0 Å². The number of benzene rings is 2. The quantitative estimate of drug-likeness (QED) is 0.472. The first-order valence-corrected chi connectivity index (χ1v) is 10.8. The lowest BCUT2D eigenvalue weighted by molar-refractivity contribution is -0.115. The number of hydrogen-bond acceptors (Lipinski definition) is 4. The van der Waals surface area contributed by atoms with Crippen molar-refractivity contribution in [2.45, 2.75) is 30.4 Å². The Balaban J connectivity index is 1.55. The lowest BCUT2D eigenvalue weighted by Gasteiger charge is -2.09. The van der Waals surface area contributed by atoms with Gasteiger partial charge in [-0.05, 0) is 48.7 Å². The second kappa shape index (κ2) is 8.84. The van der Waals surface area contributed by atoms with E-state index < -0.39 is 0 Å². The van der Waals surface area contributed by atoms with Crippen molar-refractivity contribution in [1.29, 1.82) is 0 Å². The van der Waals surface area contributed by atoms with Crippen LogP contribution >= 0.6 is 39.0 Å². The molecule has 1 amide bonds. The van der Waals surface area contributed by atoms with Gasteiger partial charge in [0.25, 0.3) is 0 Å². The van der Waals surface area contributed by atoms with Gasteiger partial charge in [0.1, 0.15) is 4.34 Å². The number of aromatic nitrogens is 1. The highest BCUT2D eigenvalue weighted by Crippen LogP contribution is 2.27. The minimum absolute atomic E-state index is 0.0338. The summed E-state index contributed by atoms with van der Waals surface area (Å²) >= 11 is 6.73. The normalized spacial score (nSPS) is 10.7. The molecule has 0 spiro atoms. The summed E-state index contributed by atoms with van der Waals surface area (Å²) in [7, 11) is 0. The van der Waals surface area contributed by atoms with Crippen molar-refractivity contribution in [3.63, 3.8) is 0 Å². The number of rotatable bonds is 6. The van der Waals surface area contributed by atoms with Crippen LogP contribution < -0.4 is 5.32 Å². The molecule has 3 nitrogen and oxygen atoms in total. The number of carbonyl (C=O) groups is 1. The number of thioether (sulfide) groups is 1. The fraction of sp³-hybridized carbons (Fsp3) is 0.200. The number of halogens is 1. The first-order valence-electron chi connectivity index (χ1n) is 8.19. The van der Waals surface area contributed by atoms with Gasteiger partial charge in [-0.1, -0.05) is 52.0 Å². The van der Waals surface area contributed by atoms with Crippen molar-refractivity contribution in [3.8, 4) is 0 Å². The summed E-state index contributed by atoms with van der Waals surface area (Å²) in [6.07, 6.45) is 0.294. The van der Waals surface area contributed by atoms with Gasteiger partial charge in [0.05, 0.1) is 12.1 Å². The standard InChI is InChI=1S/C20H19BrN2OS2/c1-13-4-3-5-18(14(13)2)23-19(24)10-17-12-26-20(22-17)25-11-15-6-8-16(21)9-7-15/h3-9,12H,10-11H2,1-2H3,(H,23,24). The van der Waals surface area contributed by atoms with Crippen molar-refractivity contribution in [2.75, 3.05) is 5.32 Å². The van der Waals surface area contributed by atoms with Gasteiger partial charge < -0.3 is 5.32 Å². The fourth-order valence-corrected chi connectivity index (χ4v) is 4.47. The maximum atomic E-state index is 12.3. The Morgan fingerprint density at radius 2 is 1.96 bits per heavy atom. The Hall–Kier alpha value is -1.63. The van der Waals surface area contributed by atoms with E-state index in [1.54, 1.807) is 23.1 Å². The van der Waals surface area contributed by atoms with Crippen LogP contribution in [0.4, 0.5) is 5.69 Å². The molecule has 0 aliphatic heterocycles. The van der Waals surface area contributed by atoms with Gasteiger partial charge in [-0.25, -0.2) is 4.98 Å². The molecule has 0 radical (unpaired) electrons. The molecule has 0 saturated carbocycles. The maximum absolute atomic E-state index is 12.3. The first-order chi connectivity index (χ1) is 12.5. The number of hydrogen-bond donors (Lipinski definition) is 1. The number of amides is 1. The third kappa shape index (κ3) is 5.19. The Bertz CT molecular complexity index is 906. The molecule has 0 saturated heterocycles. The van der Waals surface area contributed by atoms with E-state index in [0.717, 1.165) is 31.5 Å². The predicted molar refractivity (Wildman–Crippen MR) is 114 cm³/mol. The van der Waals surface area contributed by atoms with Crippen molar-refractivity contribution in [3.05, 3.63) is 74.7 Å². The van der Waals surface area contributed by atoms with Crippen LogP contribution in [0.5, 0.6) is 0 Å². The highest BCUT2D eigenvalue weighted by molar-refractivity contribution is 9.10. The summed E-state index contributed by atoms with van der Waals surface area (Å²) in [6, 6.07) is 14.2. The number of anilines is 1. The van der Waals surface area contributed by atoms with Gasteiger partial charge in [-0.3, -0.25) is 4.79 Å². The second-order valence-electron chi connectivity index (χ2n) is 5.99. The molecule has 134 valence electrons. The molecule has 2 aromatic carbocycles. The summed E-state index contributed by atoms with van der Waals surface area (Å²) in [6.45, 7) is 4.06. The molecule has 0 bridgehead atoms. The summed E-state index contributed by atoms with van der Waals surface area (Å²) in [5, 5.41) is 4.95. The van der Waals surface area contributed by atoms with E-state index in [1.807, 2.05) is 49.6 Å². The van der Waals surface area contributed by atoms with Crippen molar-refractivity contribution < 1.29 is 4.79 Å². The van der Waals surface area contributed by atoms with Crippen LogP contribution in [0.2, 0.25) is 0 Å². The fourth-order valence-electron chi connectivity index (χ4n) is 2.41. The zero-order valence-corrected chi connectivity index (χ0v) is 17.8. The van der Waals surface area contributed by atoms with Crippen molar-refractivity contribution >= 4 is 50.6 Å². The Kier molecular flexibility index (Phi) is 6.51. The molecule has 26 heavy (non-hydrogen) atoms. The van der Waals surface area contributed by atoms with E-state index in [1.165, 1.54) is 11.1 Å². The molecule has 6 heteroatoms. The minimum Gasteiger partial charge on any atom is -0.325 e. The number of carbonyl (C=O) groups excluding carboxylic acids is 1. The topological polar surface area (TPSA) is 42.0 Å². The maximum Gasteiger partial charge on any atom is 0.230 e. The molecule has 0 unspecified atom stereocenters. The van der Waals surface area contributed by atoms with Crippen LogP contribution in [-0.4, -0.2) is 10.9 Å². The van der Waals surface area contributed by atoms with E-state index in [4.69, 9.17) is 0 Å². The summed E-state index contributed by atoms with van der Waals surface area (Å²) in [5.74, 6) is 0.836. The highest BCUT2D eigenvalue weighted by atomic mass is 79.9. The average Bonchev–Trinajstić information content (AvgIpc) is 3.06. The Labute approximate surface area is 170 Å². The second-order valence-corrected chi connectivity index (χ2v) is 8.99. The van der Waals surface area contributed by atoms with Crippen LogP contribution in [0.25, 0.3) is 0 Å². The molecular formula is C20H19BrN2OS2. The monoisotopic (exact) mass is 446 g/mol. The number of thiazole rings is 1. The molecule has 3 rings (SSSR count). The predicted octanol–water partition coefficient (Wildman–Crippen LogP) is 6.00. The highest BCUT2D eigenvalue weighted by Gasteiger charge is 2.10. The Morgan fingerprint density at radius 3 is 2.73 bits per heavy atom. The molecule has 1 aromatic heterocycles. The first kappa shape index (κ1) is 19.1. The van der Waals surface area contributed by atoms with Gasteiger partial charge in [0.15, 0.2) is 0 Å². The van der Waals surface area contributed by atoms with E-state index in [-0.39, 0.29) is 5.91 Å². The van der Waals surface area contributed by atoms with Gasteiger partial charge >= 0.3 is 0 Å². The van der Waals surface area contributed by atoms with Gasteiger partial charge in [0.2, 0.25) is 5.91 Å². The van der Waals surface area contributed by atoms with Crippen LogP contribution in [-0.2, 0) is 17.0 Å². The molecular weight excluding hydrogens is 428 g/mol. The van der Waals surface area contributed by atoms with Crippen molar-refractivity contribution in [2.24, 2.45) is 0 Å². The zero-order chi connectivity index (χ0) is 18.5. The summed E-state index contributed by atoms with van der Waals surface area (Å²) < 4.78 is 2.07. The molecule has 0 fully saturated rings. The zero-order valence-electron chi connectivity index (χ0n) is 14.6. The molecule has 1 N–H and O–H groups in total. The molecule has 1 heterocycles. The van der Waals surface area contributed by atoms with E-state index in [9.17, 15) is 4.79 Å². The lowest BCUT2D eigenvalue weighted by Crippen LogP contribution is -2.15. The largest absolute Gasteiger partial charge is 0.325 e. The molecule has 0 atom stereocenters. The molecule has 0 aliphatic rings. The van der Waals surface area contributed by atoms with Crippen LogP contribution in [0, 0.1) is 13.8 Å². The van der Waals surface area contributed by atoms with Crippen LogP contribution in [0.15, 0.2) is 56.7 Å². The van der Waals surface area contributed by atoms with Gasteiger partial charge in [0, 0.05) is 21.3 Å². The SMILES string of the molecule is Cc1cccc(NC(=O)Cc2csc(SCc3ccc(Br)cc3)n2)c1C.